The molecule has 1 aliphatic rings. The van der Waals surface area contributed by atoms with E-state index in [2.05, 4.69) is 36.2 Å². The first-order valence-corrected chi connectivity index (χ1v) is 5.88. The molecular formula is C14H25N. The van der Waals surface area contributed by atoms with Crippen molar-refractivity contribution < 1.29 is 1.43 Å². The lowest BCUT2D eigenvalue weighted by Gasteiger charge is -1.84. The van der Waals surface area contributed by atoms with E-state index >= 15 is 0 Å². The highest BCUT2D eigenvalue weighted by atomic mass is 14.6. The number of aromatic amines is 1. The molecule has 0 aromatic carbocycles. The van der Waals surface area contributed by atoms with Crippen molar-refractivity contribution in [2.45, 2.75) is 41.0 Å². The molecule has 1 nitrogen and oxygen atoms in total. The lowest BCUT2D eigenvalue weighted by molar-refractivity contribution is 1.31. The van der Waals surface area contributed by atoms with E-state index < -0.39 is 0 Å². The van der Waals surface area contributed by atoms with Crippen LogP contribution in [-0.4, -0.2) is 4.98 Å². The number of nitrogens with one attached hydrogen (secondary N) is 1. The number of allylic oxidation sites excluding steroid dienone is 2. The summed E-state index contributed by atoms with van der Waals surface area (Å²) in [5.74, 6) is 0. The van der Waals surface area contributed by atoms with Crippen molar-refractivity contribution in [1.82, 2.24) is 4.98 Å². The molecule has 0 bridgehead atoms. The second kappa shape index (κ2) is 8.10. The van der Waals surface area contributed by atoms with Crippen molar-refractivity contribution in [1.29, 1.82) is 0 Å². The molecule has 15 heavy (non-hydrogen) atoms. The van der Waals surface area contributed by atoms with Gasteiger partial charge in [-0.3, -0.25) is 0 Å². The largest absolute Gasteiger partial charge is 0.361 e. The molecule has 0 aliphatic heterocycles. The number of rotatable bonds is 0. The normalized spacial score (nSPS) is 12.2. The Morgan fingerprint density at radius 2 is 1.80 bits per heavy atom. The summed E-state index contributed by atoms with van der Waals surface area (Å²) in [7, 11) is 0. The Labute approximate surface area is 94.7 Å². The van der Waals surface area contributed by atoms with Crippen LogP contribution in [-0.2, 0) is 0 Å². The van der Waals surface area contributed by atoms with Gasteiger partial charge in [0.25, 0.3) is 0 Å². The van der Waals surface area contributed by atoms with Gasteiger partial charge in [0.05, 0.1) is 0 Å². The highest BCUT2D eigenvalue weighted by molar-refractivity contribution is 5.48. The van der Waals surface area contributed by atoms with Gasteiger partial charge in [0.2, 0.25) is 0 Å². The van der Waals surface area contributed by atoms with Crippen LogP contribution in [0.3, 0.4) is 0 Å². The Morgan fingerprint density at radius 1 is 1.13 bits per heavy atom. The van der Waals surface area contributed by atoms with Crippen LogP contribution >= 0.6 is 0 Å². The Hall–Kier alpha value is -1.24. The smallest absolute Gasteiger partial charge is 0.0453 e. The van der Waals surface area contributed by atoms with Gasteiger partial charge >= 0.3 is 0 Å². The molecule has 2 rings (SSSR count). The van der Waals surface area contributed by atoms with E-state index in [1.165, 1.54) is 16.1 Å². The first-order valence-electron chi connectivity index (χ1n) is 5.88. The zero-order valence-corrected chi connectivity index (χ0v) is 10.6. The predicted octanol–water partition coefficient (Wildman–Crippen LogP) is 3.22. The third-order valence-corrected chi connectivity index (χ3v) is 1.96. The van der Waals surface area contributed by atoms with E-state index in [1.54, 1.807) is 0 Å². The van der Waals surface area contributed by atoms with E-state index in [-0.39, 0.29) is 1.43 Å². The van der Waals surface area contributed by atoms with Gasteiger partial charge in [0.15, 0.2) is 0 Å². The number of hydrogen-bond acceptors (Lipinski definition) is 0. The van der Waals surface area contributed by atoms with E-state index in [0.717, 1.165) is 6.42 Å². The van der Waals surface area contributed by atoms with Gasteiger partial charge < -0.3 is 4.98 Å². The maximum Gasteiger partial charge on any atom is 0.0453 e. The average molecular weight is 207 g/mol. The summed E-state index contributed by atoms with van der Waals surface area (Å²) in [6.45, 7) is 10.1. The van der Waals surface area contributed by atoms with Crippen molar-refractivity contribution >= 4 is 12.2 Å². The zero-order valence-electron chi connectivity index (χ0n) is 10.6. The number of hydrogen-bond donors (Lipinski definition) is 1. The van der Waals surface area contributed by atoms with Gasteiger partial charge in [0, 0.05) is 13.0 Å². The highest BCUT2D eigenvalue weighted by Crippen LogP contribution is 1.98. The summed E-state index contributed by atoms with van der Waals surface area (Å²) >= 11 is 0. The van der Waals surface area contributed by atoms with Crippen molar-refractivity contribution in [2.75, 3.05) is 0 Å². The molecule has 1 aromatic rings. The molecule has 0 unspecified atom stereocenters. The lowest BCUT2D eigenvalue weighted by Crippen LogP contribution is -2.21. The molecule has 0 radical (unpaired) electrons. The molecular weight excluding hydrogens is 182 g/mol. The zero-order chi connectivity index (χ0) is 11.7. The van der Waals surface area contributed by atoms with Crippen LogP contribution in [0.5, 0.6) is 0 Å². The van der Waals surface area contributed by atoms with E-state index in [1.807, 2.05) is 33.9 Å². The minimum absolute atomic E-state index is 0. The second-order valence-corrected chi connectivity index (χ2v) is 2.88. The monoisotopic (exact) mass is 207 g/mol. The first-order chi connectivity index (χ1) is 7.36. The summed E-state index contributed by atoms with van der Waals surface area (Å²) in [6, 6.07) is 2.11. The molecule has 0 amide bonds. The van der Waals surface area contributed by atoms with Crippen molar-refractivity contribution in [3.05, 3.63) is 34.5 Å². The maximum atomic E-state index is 3.20. The fourth-order valence-electron chi connectivity index (χ4n) is 1.36. The third-order valence-electron chi connectivity index (χ3n) is 1.96. The van der Waals surface area contributed by atoms with Gasteiger partial charge in [-0.05, 0) is 30.7 Å². The molecule has 0 saturated carbocycles. The average Bonchev–Trinajstić information content (AvgIpc) is 2.64. The number of aromatic nitrogens is 1. The van der Waals surface area contributed by atoms with Crippen LogP contribution < -0.4 is 10.6 Å². The highest BCUT2D eigenvalue weighted by Gasteiger charge is 1.90. The number of H-pyrrole nitrogens is 1. The van der Waals surface area contributed by atoms with Gasteiger partial charge in [-0.1, -0.05) is 45.4 Å². The van der Waals surface area contributed by atoms with Crippen LogP contribution in [0, 0.1) is 0 Å². The summed E-state index contributed by atoms with van der Waals surface area (Å²) in [6.07, 6.45) is 9.68. The summed E-state index contributed by atoms with van der Waals surface area (Å²) in [5, 5.41) is 2.55. The third kappa shape index (κ3) is 4.20. The predicted molar refractivity (Wildman–Crippen MR) is 72.2 cm³/mol. The summed E-state index contributed by atoms with van der Waals surface area (Å²) in [4.78, 5) is 3.20. The van der Waals surface area contributed by atoms with Crippen LogP contribution in [0.25, 0.3) is 12.2 Å². The molecule has 1 aromatic heterocycles. The van der Waals surface area contributed by atoms with Gasteiger partial charge in [-0.15, -0.1) is 0 Å². The summed E-state index contributed by atoms with van der Waals surface area (Å²) in [5.41, 5.74) is 1.34. The van der Waals surface area contributed by atoms with Crippen LogP contribution in [0.1, 0.15) is 42.5 Å². The topological polar surface area (TPSA) is 15.8 Å². The molecule has 86 valence electrons. The minimum atomic E-state index is 0. The Bertz CT molecular complexity index is 399. The number of fused-ring (bicyclic) bond motifs is 1. The molecule has 0 fully saturated rings. The Morgan fingerprint density at radius 3 is 2.47 bits per heavy atom. The molecule has 1 N–H and O–H groups in total. The molecule has 1 heteroatoms. The van der Waals surface area contributed by atoms with Crippen molar-refractivity contribution in [3.63, 3.8) is 0 Å². The maximum absolute atomic E-state index is 3.20. The van der Waals surface area contributed by atoms with Gasteiger partial charge in [-0.2, -0.15) is 0 Å². The van der Waals surface area contributed by atoms with Crippen LogP contribution in [0.4, 0.5) is 0 Å². The SMILES string of the molecule is CC.CC.CC1=CCC=c2cc[nH]c2=C1.[HH]. The van der Waals surface area contributed by atoms with Crippen molar-refractivity contribution in [3.8, 4) is 0 Å². The van der Waals surface area contributed by atoms with Gasteiger partial charge in [-0.25, -0.2) is 0 Å². The van der Waals surface area contributed by atoms with Crippen molar-refractivity contribution in [2.24, 2.45) is 0 Å². The van der Waals surface area contributed by atoms with Gasteiger partial charge in [0.1, 0.15) is 0 Å². The lowest BCUT2D eigenvalue weighted by atomic mass is 10.2. The van der Waals surface area contributed by atoms with E-state index in [9.17, 15) is 0 Å². The Balaban J connectivity index is 0. The second-order valence-electron chi connectivity index (χ2n) is 2.88. The fraction of sp³-hybridized carbons (Fsp3) is 0.429. The van der Waals surface area contributed by atoms with E-state index in [4.69, 9.17) is 0 Å². The molecule has 1 heterocycles. The minimum Gasteiger partial charge on any atom is -0.361 e. The molecule has 0 spiro atoms. The molecule has 1 aliphatic carbocycles. The molecule has 0 atom stereocenters. The summed E-state index contributed by atoms with van der Waals surface area (Å²) < 4.78 is 0. The quantitative estimate of drug-likeness (QED) is 0.672. The molecule has 0 saturated heterocycles. The first kappa shape index (κ1) is 13.8. The fourth-order valence-corrected chi connectivity index (χ4v) is 1.36. The van der Waals surface area contributed by atoms with Crippen LogP contribution in [0.2, 0.25) is 0 Å². The Kier molecular flexibility index (Phi) is 7.43. The van der Waals surface area contributed by atoms with Crippen LogP contribution in [0.15, 0.2) is 23.9 Å². The van der Waals surface area contributed by atoms with E-state index in [0.29, 0.717) is 0 Å². The standard InChI is InChI=1S/C10H11N.2C2H6.H2/c1-8-3-2-4-9-5-6-11-10(9)7-8;2*1-2;/h3-7,11H,2H2,1H3;2*1-2H3;1H.